The lowest BCUT2D eigenvalue weighted by molar-refractivity contribution is 0.0718. The summed E-state index contributed by atoms with van der Waals surface area (Å²) in [7, 11) is 0. The second-order valence-corrected chi connectivity index (χ2v) is 6.67. The van der Waals surface area contributed by atoms with Crippen molar-refractivity contribution in [3.63, 3.8) is 0 Å². The monoisotopic (exact) mass is 266 g/mol. The smallest absolute Gasteiger partial charge is 0.107 e. The quantitative estimate of drug-likeness (QED) is 0.913. The minimum Gasteiger partial charge on any atom is -0.393 e. The van der Waals surface area contributed by atoms with Crippen molar-refractivity contribution in [1.82, 2.24) is 9.88 Å². The van der Waals surface area contributed by atoms with Gasteiger partial charge in [-0.3, -0.25) is 4.90 Å². The number of aromatic nitrogens is 1. The number of aryl methyl sites for hydroxylation is 1. The average Bonchev–Trinajstić information content (AvgIpc) is 3.02. The molecule has 18 heavy (non-hydrogen) atoms. The molecule has 1 saturated heterocycles. The van der Waals surface area contributed by atoms with Crippen LogP contribution < -0.4 is 0 Å². The molecule has 1 aliphatic carbocycles. The number of likely N-dealkylation sites (tertiary alicyclic amines) is 1. The van der Waals surface area contributed by atoms with Gasteiger partial charge in [0.25, 0.3) is 0 Å². The molecular weight excluding hydrogens is 244 g/mol. The van der Waals surface area contributed by atoms with Crippen molar-refractivity contribution in [2.24, 2.45) is 5.92 Å². The standard InChI is InChI=1S/C14H22N2OS/c1-10-9-18-14(15-10)8-16-7-3-5-12(16)11-4-2-6-13(11)17/h9,11-13,17H,2-8H2,1H3. The predicted molar refractivity (Wildman–Crippen MR) is 73.6 cm³/mol. The molecule has 2 fully saturated rings. The summed E-state index contributed by atoms with van der Waals surface area (Å²) in [4.78, 5) is 7.12. The normalized spacial score (nSPS) is 33.3. The van der Waals surface area contributed by atoms with Gasteiger partial charge in [0.2, 0.25) is 0 Å². The number of hydrogen-bond donors (Lipinski definition) is 1. The zero-order valence-electron chi connectivity index (χ0n) is 11.0. The first-order chi connectivity index (χ1) is 8.74. The highest BCUT2D eigenvalue weighted by atomic mass is 32.1. The van der Waals surface area contributed by atoms with Crippen LogP contribution in [-0.2, 0) is 6.54 Å². The van der Waals surface area contributed by atoms with E-state index in [4.69, 9.17) is 0 Å². The first-order valence-corrected chi connectivity index (χ1v) is 7.95. The van der Waals surface area contributed by atoms with Gasteiger partial charge in [-0.2, -0.15) is 0 Å². The van der Waals surface area contributed by atoms with Crippen molar-refractivity contribution in [1.29, 1.82) is 0 Å². The molecular formula is C14H22N2OS. The van der Waals surface area contributed by atoms with Crippen LogP contribution in [-0.4, -0.2) is 33.7 Å². The van der Waals surface area contributed by atoms with Gasteiger partial charge in [0.1, 0.15) is 5.01 Å². The van der Waals surface area contributed by atoms with Crippen LogP contribution in [0.15, 0.2) is 5.38 Å². The van der Waals surface area contributed by atoms with Gasteiger partial charge in [-0.15, -0.1) is 11.3 Å². The summed E-state index contributed by atoms with van der Waals surface area (Å²) in [6.07, 6.45) is 5.88. The lowest BCUT2D eigenvalue weighted by Crippen LogP contribution is -2.38. The molecule has 1 saturated carbocycles. The first-order valence-electron chi connectivity index (χ1n) is 7.07. The average molecular weight is 266 g/mol. The molecule has 1 aliphatic heterocycles. The fourth-order valence-corrected chi connectivity index (χ4v) is 4.40. The Morgan fingerprint density at radius 1 is 1.39 bits per heavy atom. The van der Waals surface area contributed by atoms with Crippen LogP contribution >= 0.6 is 11.3 Å². The molecule has 0 radical (unpaired) electrons. The summed E-state index contributed by atoms with van der Waals surface area (Å²) in [5, 5.41) is 13.5. The predicted octanol–water partition coefficient (Wildman–Crippen LogP) is 2.58. The molecule has 3 unspecified atom stereocenters. The maximum atomic E-state index is 10.1. The number of nitrogens with zero attached hydrogens (tertiary/aromatic N) is 2. The van der Waals surface area contributed by atoms with Crippen LogP contribution in [0, 0.1) is 12.8 Å². The molecule has 1 aromatic rings. The molecule has 1 aromatic heterocycles. The van der Waals surface area contributed by atoms with Gasteiger partial charge in [0, 0.05) is 23.0 Å². The first kappa shape index (κ1) is 12.6. The zero-order chi connectivity index (χ0) is 12.5. The van der Waals surface area contributed by atoms with E-state index in [1.165, 1.54) is 37.2 Å². The summed E-state index contributed by atoms with van der Waals surface area (Å²) < 4.78 is 0. The lowest BCUT2D eigenvalue weighted by atomic mass is 9.94. The van der Waals surface area contributed by atoms with E-state index < -0.39 is 0 Å². The Balaban J connectivity index is 1.67. The molecule has 3 rings (SSSR count). The van der Waals surface area contributed by atoms with E-state index >= 15 is 0 Å². The van der Waals surface area contributed by atoms with Crippen LogP contribution in [0.5, 0.6) is 0 Å². The largest absolute Gasteiger partial charge is 0.393 e. The second kappa shape index (κ2) is 5.27. The van der Waals surface area contributed by atoms with E-state index in [0.29, 0.717) is 12.0 Å². The zero-order valence-corrected chi connectivity index (χ0v) is 11.8. The van der Waals surface area contributed by atoms with Crippen molar-refractivity contribution < 1.29 is 5.11 Å². The van der Waals surface area contributed by atoms with Crippen molar-refractivity contribution in [3.05, 3.63) is 16.1 Å². The fourth-order valence-electron chi connectivity index (χ4n) is 3.60. The summed E-state index contributed by atoms with van der Waals surface area (Å²) in [5.41, 5.74) is 1.13. The third-order valence-corrected chi connectivity index (χ3v) is 5.40. The van der Waals surface area contributed by atoms with E-state index in [2.05, 4.69) is 22.2 Å². The van der Waals surface area contributed by atoms with Crippen LogP contribution in [0.2, 0.25) is 0 Å². The Hall–Kier alpha value is -0.450. The van der Waals surface area contributed by atoms with Crippen LogP contribution in [0.25, 0.3) is 0 Å². The minimum absolute atomic E-state index is 0.0615. The van der Waals surface area contributed by atoms with Gasteiger partial charge in [-0.25, -0.2) is 4.98 Å². The highest BCUT2D eigenvalue weighted by molar-refractivity contribution is 7.09. The van der Waals surface area contributed by atoms with E-state index in [0.717, 1.165) is 18.7 Å². The van der Waals surface area contributed by atoms with Crippen molar-refractivity contribution in [2.45, 2.75) is 57.7 Å². The van der Waals surface area contributed by atoms with Gasteiger partial charge < -0.3 is 5.11 Å². The van der Waals surface area contributed by atoms with E-state index in [-0.39, 0.29) is 6.10 Å². The number of aliphatic hydroxyl groups excluding tert-OH is 1. The molecule has 4 heteroatoms. The summed E-state index contributed by atoms with van der Waals surface area (Å²) in [5.74, 6) is 0.508. The van der Waals surface area contributed by atoms with E-state index in [1.807, 2.05) is 0 Å². The van der Waals surface area contributed by atoms with Crippen LogP contribution in [0.3, 0.4) is 0 Å². The van der Waals surface area contributed by atoms with Gasteiger partial charge in [-0.1, -0.05) is 6.42 Å². The van der Waals surface area contributed by atoms with E-state index in [9.17, 15) is 5.11 Å². The lowest BCUT2D eigenvalue weighted by Gasteiger charge is -2.30. The Kier molecular flexibility index (Phi) is 3.68. The molecule has 0 amide bonds. The summed E-state index contributed by atoms with van der Waals surface area (Å²) in [6, 6.07) is 0.590. The maximum absolute atomic E-state index is 10.1. The van der Waals surface area contributed by atoms with Crippen LogP contribution in [0.1, 0.15) is 42.8 Å². The molecule has 2 heterocycles. The van der Waals surface area contributed by atoms with Crippen LogP contribution in [0.4, 0.5) is 0 Å². The van der Waals surface area contributed by atoms with Gasteiger partial charge in [-0.05, 0) is 39.2 Å². The third-order valence-electron chi connectivity index (χ3n) is 4.44. The van der Waals surface area contributed by atoms with Crippen molar-refractivity contribution in [3.8, 4) is 0 Å². The fraction of sp³-hybridized carbons (Fsp3) is 0.786. The molecule has 0 aromatic carbocycles. The molecule has 1 N–H and O–H groups in total. The second-order valence-electron chi connectivity index (χ2n) is 5.72. The Bertz CT molecular complexity index is 406. The molecule has 0 spiro atoms. The number of rotatable bonds is 3. The van der Waals surface area contributed by atoms with Gasteiger partial charge in [0.15, 0.2) is 0 Å². The molecule has 2 aliphatic rings. The topological polar surface area (TPSA) is 36.4 Å². The van der Waals surface area contributed by atoms with Gasteiger partial charge >= 0.3 is 0 Å². The molecule has 0 bridgehead atoms. The maximum Gasteiger partial charge on any atom is 0.107 e. The number of thiazole rings is 1. The molecule has 3 nitrogen and oxygen atoms in total. The SMILES string of the molecule is Cc1csc(CN2CCCC2C2CCCC2O)n1. The van der Waals surface area contributed by atoms with E-state index in [1.54, 1.807) is 11.3 Å². The Labute approximate surface area is 113 Å². The van der Waals surface area contributed by atoms with Crippen molar-refractivity contribution >= 4 is 11.3 Å². The summed E-state index contributed by atoms with van der Waals surface area (Å²) in [6.45, 7) is 4.21. The molecule has 3 atom stereocenters. The minimum atomic E-state index is -0.0615. The highest BCUT2D eigenvalue weighted by Gasteiger charge is 2.38. The molecule has 100 valence electrons. The highest BCUT2D eigenvalue weighted by Crippen LogP contribution is 2.36. The number of aliphatic hydroxyl groups is 1. The Morgan fingerprint density at radius 3 is 2.94 bits per heavy atom. The van der Waals surface area contributed by atoms with Crippen molar-refractivity contribution in [2.75, 3.05) is 6.54 Å². The Morgan fingerprint density at radius 2 is 2.28 bits per heavy atom. The number of hydrogen-bond acceptors (Lipinski definition) is 4. The third kappa shape index (κ3) is 2.46. The van der Waals surface area contributed by atoms with Gasteiger partial charge in [0.05, 0.1) is 12.6 Å². The summed E-state index contributed by atoms with van der Waals surface area (Å²) >= 11 is 1.77.